The maximum atomic E-state index is 12.8. The van der Waals surface area contributed by atoms with Crippen molar-refractivity contribution in [1.29, 1.82) is 0 Å². The lowest BCUT2D eigenvalue weighted by Gasteiger charge is -2.28. The molecule has 0 saturated carbocycles. The van der Waals surface area contributed by atoms with Gasteiger partial charge in [-0.1, -0.05) is 77.6 Å². The van der Waals surface area contributed by atoms with E-state index in [4.69, 9.17) is 9.47 Å². The van der Waals surface area contributed by atoms with Crippen LogP contribution in [0.5, 0.6) is 11.5 Å². The largest absolute Gasteiger partial charge is 0.493 e. The van der Waals surface area contributed by atoms with Gasteiger partial charge in [-0.05, 0) is 23.3 Å². The van der Waals surface area contributed by atoms with Crippen LogP contribution in [0, 0.1) is 11.3 Å². The molecule has 0 aliphatic rings. The molecule has 0 bridgehead atoms. The van der Waals surface area contributed by atoms with E-state index in [1.165, 1.54) is 0 Å². The molecule has 2 aromatic carbocycles. The number of hydrogen-bond acceptors (Lipinski definition) is 4. The Morgan fingerprint density at radius 2 is 1.75 bits per heavy atom. The van der Waals surface area contributed by atoms with Gasteiger partial charge in [0.05, 0.1) is 7.11 Å². The zero-order valence-corrected chi connectivity index (χ0v) is 20.4. The van der Waals surface area contributed by atoms with Gasteiger partial charge in [0.25, 0.3) is 0 Å². The minimum atomic E-state index is -0.0730. The highest BCUT2D eigenvalue weighted by Crippen LogP contribution is 2.29. The molecule has 2 aromatic rings. The lowest BCUT2D eigenvalue weighted by molar-refractivity contribution is -0.135. The van der Waals surface area contributed by atoms with E-state index in [0.717, 1.165) is 16.8 Å². The Hall–Kier alpha value is -2.95. The van der Waals surface area contributed by atoms with Crippen molar-refractivity contribution in [3.63, 3.8) is 0 Å². The third-order valence-corrected chi connectivity index (χ3v) is 5.27. The van der Waals surface area contributed by atoms with Gasteiger partial charge in [-0.2, -0.15) is 0 Å². The van der Waals surface area contributed by atoms with E-state index in [1.807, 2.05) is 67.3 Å². The van der Waals surface area contributed by atoms with Crippen LogP contribution in [0.15, 0.2) is 60.8 Å². The number of benzene rings is 2. The number of hydrogen-bond donors (Lipinski definition) is 1. The van der Waals surface area contributed by atoms with E-state index in [2.05, 4.69) is 32.7 Å². The number of carbonyl (C=O) groups excluding carboxylic acids is 1. The van der Waals surface area contributed by atoms with E-state index in [9.17, 15) is 4.79 Å². The minimum Gasteiger partial charge on any atom is -0.493 e. The zero-order valence-electron chi connectivity index (χ0n) is 20.4. The Balaban J connectivity index is 2.07. The van der Waals surface area contributed by atoms with Gasteiger partial charge in [-0.3, -0.25) is 4.79 Å². The molecule has 0 spiro atoms. The van der Waals surface area contributed by atoms with Crippen molar-refractivity contribution in [2.45, 2.75) is 47.8 Å². The third kappa shape index (κ3) is 7.63. The van der Waals surface area contributed by atoms with Crippen LogP contribution < -0.4 is 14.8 Å². The fraction of sp³-hybridized carbons (Fsp3) is 0.444. The predicted octanol–water partition coefficient (Wildman–Crippen LogP) is 5.41. The van der Waals surface area contributed by atoms with Gasteiger partial charge in [0.15, 0.2) is 11.5 Å². The van der Waals surface area contributed by atoms with Crippen LogP contribution in [0.2, 0.25) is 0 Å². The Morgan fingerprint density at radius 3 is 2.34 bits per heavy atom. The number of amides is 1. The number of methoxy groups -OCH3 is 1. The highest BCUT2D eigenvalue weighted by Gasteiger charge is 2.19. The van der Waals surface area contributed by atoms with Gasteiger partial charge >= 0.3 is 0 Å². The summed E-state index contributed by atoms with van der Waals surface area (Å²) in [4.78, 5) is 14.7. The molecular weight excluding hydrogens is 400 g/mol. The molecule has 0 aromatic heterocycles. The van der Waals surface area contributed by atoms with E-state index in [-0.39, 0.29) is 17.2 Å². The molecule has 2 rings (SSSR count). The molecule has 32 heavy (non-hydrogen) atoms. The van der Waals surface area contributed by atoms with Crippen LogP contribution >= 0.6 is 0 Å². The number of rotatable bonds is 11. The summed E-state index contributed by atoms with van der Waals surface area (Å²) >= 11 is 0. The lowest BCUT2D eigenvalue weighted by Crippen LogP contribution is -2.39. The summed E-state index contributed by atoms with van der Waals surface area (Å²) in [7, 11) is 1.63. The molecular formula is C27H38N2O3. The lowest BCUT2D eigenvalue weighted by atomic mass is 9.93. The number of nitrogens with one attached hydrogen (secondary N) is 1. The molecule has 1 N–H and O–H groups in total. The maximum absolute atomic E-state index is 12.8. The van der Waals surface area contributed by atoms with Crippen LogP contribution in [0.25, 0.3) is 0 Å². The van der Waals surface area contributed by atoms with E-state index < -0.39 is 0 Å². The molecule has 0 aliphatic heterocycles. The second-order valence-corrected chi connectivity index (χ2v) is 9.33. The first kappa shape index (κ1) is 25.3. The molecule has 0 saturated heterocycles. The highest BCUT2D eigenvalue weighted by atomic mass is 16.5. The Bertz CT molecular complexity index is 886. The molecule has 1 amide bonds. The molecule has 0 atom stereocenters. The number of nitrogens with zero attached hydrogens (tertiary/aromatic N) is 1. The monoisotopic (exact) mass is 438 g/mol. The second-order valence-electron chi connectivity index (χ2n) is 9.33. The number of allylic oxidation sites excluding steroid dienone is 1. The Kier molecular flexibility index (Phi) is 9.18. The number of ether oxygens (including phenoxy) is 2. The van der Waals surface area contributed by atoms with E-state index >= 15 is 0 Å². The summed E-state index contributed by atoms with van der Waals surface area (Å²) in [6.45, 7) is 16.6. The predicted molar refractivity (Wildman–Crippen MR) is 131 cm³/mol. The molecule has 0 radical (unpaired) electrons. The normalized spacial score (nSPS) is 11.2. The van der Waals surface area contributed by atoms with Crippen molar-refractivity contribution in [3.05, 3.63) is 71.9 Å². The topological polar surface area (TPSA) is 50.8 Å². The van der Waals surface area contributed by atoms with Crippen LogP contribution in [0.3, 0.4) is 0 Å². The number of carbonyl (C=O) groups is 1. The van der Waals surface area contributed by atoms with Gasteiger partial charge in [-0.25, -0.2) is 0 Å². The fourth-order valence-electron chi connectivity index (χ4n) is 3.12. The first-order valence-corrected chi connectivity index (χ1v) is 11.2. The highest BCUT2D eigenvalue weighted by molar-refractivity contribution is 5.78. The van der Waals surface area contributed by atoms with Crippen LogP contribution in [-0.4, -0.2) is 31.0 Å². The van der Waals surface area contributed by atoms with Crippen molar-refractivity contribution < 1.29 is 14.3 Å². The Morgan fingerprint density at radius 1 is 1.06 bits per heavy atom. The molecule has 174 valence electrons. The van der Waals surface area contributed by atoms with Crippen molar-refractivity contribution >= 4 is 5.91 Å². The summed E-state index contributed by atoms with van der Waals surface area (Å²) in [5.41, 5.74) is 3.04. The average molecular weight is 439 g/mol. The minimum absolute atomic E-state index is 0.0180. The molecule has 0 unspecified atom stereocenters. The molecule has 5 nitrogen and oxygen atoms in total. The summed E-state index contributed by atoms with van der Waals surface area (Å²) < 4.78 is 11.5. The summed E-state index contributed by atoms with van der Waals surface area (Å²) in [5.74, 6) is 1.40. The van der Waals surface area contributed by atoms with Crippen LogP contribution in [0.1, 0.15) is 45.7 Å². The summed E-state index contributed by atoms with van der Waals surface area (Å²) in [6, 6.07) is 15.9. The van der Waals surface area contributed by atoms with Crippen molar-refractivity contribution in [2.75, 3.05) is 20.2 Å². The first-order valence-electron chi connectivity index (χ1n) is 11.2. The quantitative estimate of drug-likeness (QED) is 0.510. The molecule has 0 aliphatic carbocycles. The van der Waals surface area contributed by atoms with Crippen LogP contribution in [0.4, 0.5) is 0 Å². The van der Waals surface area contributed by atoms with Gasteiger partial charge in [0.2, 0.25) is 5.91 Å². The smallest absolute Gasteiger partial charge is 0.225 e. The third-order valence-electron chi connectivity index (χ3n) is 5.27. The second kappa shape index (κ2) is 11.6. The van der Waals surface area contributed by atoms with Crippen molar-refractivity contribution in [2.24, 2.45) is 11.3 Å². The molecule has 0 heterocycles. The molecule has 0 fully saturated rings. The van der Waals surface area contributed by atoms with Gasteiger partial charge in [-0.15, -0.1) is 0 Å². The van der Waals surface area contributed by atoms with E-state index in [1.54, 1.807) is 7.11 Å². The summed E-state index contributed by atoms with van der Waals surface area (Å²) in [6.07, 6.45) is 0. The summed E-state index contributed by atoms with van der Waals surface area (Å²) in [5, 5.41) is 3.36. The van der Waals surface area contributed by atoms with E-state index in [0.29, 0.717) is 37.7 Å². The van der Waals surface area contributed by atoms with Crippen LogP contribution in [-0.2, 0) is 17.9 Å². The van der Waals surface area contributed by atoms with Gasteiger partial charge in [0.1, 0.15) is 6.61 Å². The maximum Gasteiger partial charge on any atom is 0.225 e. The zero-order chi connectivity index (χ0) is 23.7. The van der Waals surface area contributed by atoms with Crippen molar-refractivity contribution in [1.82, 2.24) is 10.2 Å². The standard InChI is InChI=1S/C27H38N2O3/c1-20(2)26(30)29(16-15-28-21(3)27(4,5)6)18-23-13-14-24(25(17-23)31-7)32-19-22-11-9-8-10-12-22/h8-14,17,20,28H,3,15-16,18-19H2,1-2,4-7H3. The Labute approximate surface area is 193 Å². The first-order chi connectivity index (χ1) is 15.1. The molecule has 5 heteroatoms. The van der Waals surface area contributed by atoms with Gasteiger partial charge < -0.3 is 19.7 Å². The fourth-order valence-corrected chi connectivity index (χ4v) is 3.12. The average Bonchev–Trinajstić information content (AvgIpc) is 2.76. The van der Waals surface area contributed by atoms with Crippen molar-refractivity contribution in [3.8, 4) is 11.5 Å². The van der Waals surface area contributed by atoms with Gasteiger partial charge in [0, 0.05) is 36.7 Å². The SMILES string of the molecule is C=C(NCCN(Cc1ccc(OCc2ccccc2)c(OC)c1)C(=O)C(C)C)C(C)(C)C.